The summed E-state index contributed by atoms with van der Waals surface area (Å²) in [4.78, 5) is 11.8. The number of fused-ring (bicyclic) bond motifs is 1. The molecule has 0 saturated carbocycles. The van der Waals surface area contributed by atoms with Gasteiger partial charge in [0.05, 0.1) is 23.0 Å². The van der Waals surface area contributed by atoms with Gasteiger partial charge >= 0.3 is 0 Å². The zero-order valence-corrected chi connectivity index (χ0v) is 13.2. The monoisotopic (exact) mass is 332 g/mol. The molecule has 23 heavy (non-hydrogen) atoms. The number of hydroxylamine groups is 1. The minimum absolute atomic E-state index is 0.166. The fraction of sp³-hybridized carbons (Fsp3) is 0.188. The SMILES string of the molecule is Cc1cccc(N2C(CC(=O)NO)c3ccccc3S2(=O)=O)c1. The third kappa shape index (κ3) is 2.58. The molecule has 0 aromatic heterocycles. The van der Waals surface area contributed by atoms with Gasteiger partial charge in [0, 0.05) is 0 Å². The van der Waals surface area contributed by atoms with Crippen LogP contribution in [0.4, 0.5) is 5.69 Å². The lowest BCUT2D eigenvalue weighted by molar-refractivity contribution is -0.129. The van der Waals surface area contributed by atoms with Crippen LogP contribution in [-0.2, 0) is 14.8 Å². The molecule has 1 atom stereocenters. The Balaban J connectivity index is 2.17. The number of aryl methyl sites for hydroxylation is 1. The summed E-state index contributed by atoms with van der Waals surface area (Å²) in [5.41, 5.74) is 3.54. The number of anilines is 1. The molecule has 1 amide bonds. The molecule has 120 valence electrons. The van der Waals surface area contributed by atoms with Gasteiger partial charge in [-0.2, -0.15) is 0 Å². The number of benzene rings is 2. The molecule has 2 N–H and O–H groups in total. The molecule has 0 spiro atoms. The maximum Gasteiger partial charge on any atom is 0.265 e. The van der Waals surface area contributed by atoms with Crippen LogP contribution in [0.3, 0.4) is 0 Å². The van der Waals surface area contributed by atoms with Gasteiger partial charge in [-0.05, 0) is 36.2 Å². The molecule has 1 aliphatic rings. The van der Waals surface area contributed by atoms with Crippen molar-refractivity contribution in [2.75, 3.05) is 4.31 Å². The summed E-state index contributed by atoms with van der Waals surface area (Å²) in [6.07, 6.45) is -0.166. The highest BCUT2D eigenvalue weighted by Gasteiger charge is 2.43. The van der Waals surface area contributed by atoms with E-state index >= 15 is 0 Å². The molecule has 2 aromatic rings. The van der Waals surface area contributed by atoms with Gasteiger partial charge in [0.2, 0.25) is 5.91 Å². The molecule has 0 bridgehead atoms. The van der Waals surface area contributed by atoms with Crippen molar-refractivity contribution in [3.8, 4) is 0 Å². The first-order chi connectivity index (χ1) is 10.9. The first-order valence-corrected chi connectivity index (χ1v) is 8.52. The molecule has 6 nitrogen and oxygen atoms in total. The van der Waals surface area contributed by atoms with Crippen molar-refractivity contribution in [1.29, 1.82) is 0 Å². The van der Waals surface area contributed by atoms with Crippen LogP contribution < -0.4 is 9.79 Å². The normalized spacial score (nSPS) is 18.5. The van der Waals surface area contributed by atoms with Gasteiger partial charge in [0.25, 0.3) is 10.0 Å². The lowest BCUT2D eigenvalue weighted by Crippen LogP contribution is -2.32. The highest BCUT2D eigenvalue weighted by atomic mass is 32.2. The first kappa shape index (κ1) is 15.5. The van der Waals surface area contributed by atoms with Gasteiger partial charge in [0.15, 0.2) is 0 Å². The number of nitrogens with one attached hydrogen (secondary N) is 1. The molecule has 0 saturated heterocycles. The Morgan fingerprint density at radius 1 is 1.22 bits per heavy atom. The molecule has 2 aromatic carbocycles. The highest BCUT2D eigenvalue weighted by Crippen LogP contribution is 2.44. The lowest BCUT2D eigenvalue weighted by atomic mass is 10.0. The van der Waals surface area contributed by atoms with E-state index in [9.17, 15) is 13.2 Å². The van der Waals surface area contributed by atoms with Crippen LogP contribution in [0.5, 0.6) is 0 Å². The highest BCUT2D eigenvalue weighted by molar-refractivity contribution is 7.93. The van der Waals surface area contributed by atoms with Gasteiger partial charge in [-0.15, -0.1) is 0 Å². The third-order valence-corrected chi connectivity index (χ3v) is 5.77. The molecule has 0 aliphatic carbocycles. The number of hydrogen-bond donors (Lipinski definition) is 2. The van der Waals surface area contributed by atoms with Gasteiger partial charge in [-0.1, -0.05) is 30.3 Å². The summed E-state index contributed by atoms with van der Waals surface area (Å²) in [5.74, 6) is -0.639. The van der Waals surface area contributed by atoms with E-state index in [-0.39, 0.29) is 11.3 Å². The van der Waals surface area contributed by atoms with Crippen LogP contribution in [-0.4, -0.2) is 19.5 Å². The van der Waals surface area contributed by atoms with Crippen molar-refractivity contribution >= 4 is 21.6 Å². The second-order valence-electron chi connectivity index (χ2n) is 5.43. The third-order valence-electron chi connectivity index (χ3n) is 3.86. The Kier molecular flexibility index (Phi) is 3.83. The number of hydrogen-bond acceptors (Lipinski definition) is 4. The van der Waals surface area contributed by atoms with Crippen LogP contribution in [0.15, 0.2) is 53.4 Å². The van der Waals surface area contributed by atoms with E-state index in [1.165, 1.54) is 10.4 Å². The van der Waals surface area contributed by atoms with Crippen LogP contribution in [0.1, 0.15) is 23.6 Å². The van der Waals surface area contributed by atoms with Crippen molar-refractivity contribution < 1.29 is 18.4 Å². The van der Waals surface area contributed by atoms with E-state index in [0.29, 0.717) is 11.3 Å². The van der Waals surface area contributed by atoms with Crippen molar-refractivity contribution in [3.05, 3.63) is 59.7 Å². The molecule has 0 fully saturated rings. The first-order valence-electron chi connectivity index (χ1n) is 7.08. The Labute approximate surface area is 134 Å². The fourth-order valence-electron chi connectivity index (χ4n) is 2.89. The zero-order valence-electron chi connectivity index (χ0n) is 12.4. The van der Waals surface area contributed by atoms with Gasteiger partial charge < -0.3 is 0 Å². The maximum atomic E-state index is 12.9. The summed E-state index contributed by atoms with van der Waals surface area (Å²) in [7, 11) is -3.75. The van der Waals surface area contributed by atoms with E-state index in [1.807, 2.05) is 13.0 Å². The molecule has 0 radical (unpaired) electrons. The van der Waals surface area contributed by atoms with Crippen molar-refractivity contribution in [2.24, 2.45) is 0 Å². The smallest absolute Gasteiger partial charge is 0.265 e. The van der Waals surface area contributed by atoms with Crippen LogP contribution in [0.2, 0.25) is 0 Å². The summed E-state index contributed by atoms with van der Waals surface area (Å²) >= 11 is 0. The largest absolute Gasteiger partial charge is 0.289 e. The summed E-state index contributed by atoms with van der Waals surface area (Å²) in [6, 6.07) is 13.0. The van der Waals surface area contributed by atoms with Gasteiger partial charge in [0.1, 0.15) is 0 Å². The zero-order chi connectivity index (χ0) is 16.6. The fourth-order valence-corrected chi connectivity index (χ4v) is 4.77. The van der Waals surface area contributed by atoms with Crippen LogP contribution >= 0.6 is 0 Å². The average Bonchev–Trinajstić information content (AvgIpc) is 2.75. The molecule has 7 heteroatoms. The minimum atomic E-state index is -3.75. The molecule has 1 heterocycles. The van der Waals surface area contributed by atoms with E-state index < -0.39 is 22.0 Å². The van der Waals surface area contributed by atoms with E-state index in [4.69, 9.17) is 5.21 Å². The minimum Gasteiger partial charge on any atom is -0.289 e. The Morgan fingerprint density at radius 3 is 2.65 bits per heavy atom. The Morgan fingerprint density at radius 2 is 1.96 bits per heavy atom. The number of amides is 1. The lowest BCUT2D eigenvalue weighted by Gasteiger charge is -2.25. The predicted octanol–water partition coefficient (Wildman–Crippen LogP) is 2.14. The quantitative estimate of drug-likeness (QED) is 0.666. The van der Waals surface area contributed by atoms with Crippen molar-refractivity contribution in [2.45, 2.75) is 24.3 Å². The molecule has 1 unspecified atom stereocenters. The number of carbonyl (C=O) groups excluding carboxylic acids is 1. The molecular weight excluding hydrogens is 316 g/mol. The Hall–Kier alpha value is -2.38. The number of rotatable bonds is 3. The topological polar surface area (TPSA) is 86.7 Å². The number of nitrogens with zero attached hydrogens (tertiary/aromatic N) is 1. The molecule has 3 rings (SSSR count). The van der Waals surface area contributed by atoms with E-state index in [1.54, 1.807) is 41.9 Å². The summed E-state index contributed by atoms with van der Waals surface area (Å²) in [5, 5.41) is 8.81. The maximum absolute atomic E-state index is 12.9. The van der Waals surface area contributed by atoms with E-state index in [2.05, 4.69) is 0 Å². The Bertz CT molecular complexity index is 864. The molecular formula is C16H16N2O4S. The predicted molar refractivity (Wildman–Crippen MR) is 84.6 cm³/mol. The van der Waals surface area contributed by atoms with Crippen molar-refractivity contribution in [1.82, 2.24) is 5.48 Å². The number of carbonyl (C=O) groups is 1. The molecule has 1 aliphatic heterocycles. The van der Waals surface area contributed by atoms with Crippen molar-refractivity contribution in [3.63, 3.8) is 0 Å². The van der Waals surface area contributed by atoms with Gasteiger partial charge in [-0.25, -0.2) is 13.9 Å². The average molecular weight is 332 g/mol. The second kappa shape index (κ2) is 5.68. The van der Waals surface area contributed by atoms with E-state index in [0.717, 1.165) is 5.56 Å². The summed E-state index contributed by atoms with van der Waals surface area (Å²) in [6.45, 7) is 1.87. The second-order valence-corrected chi connectivity index (χ2v) is 7.22. The standard InChI is InChI=1S/C16H16N2O4S/c1-11-5-4-6-12(9-11)18-14(10-16(19)17-20)13-7-2-3-8-15(13)23(18,21)22/h2-9,14,20H,10H2,1H3,(H,17,19). The van der Waals surface area contributed by atoms with Crippen LogP contribution in [0.25, 0.3) is 0 Å². The number of sulfonamides is 1. The van der Waals surface area contributed by atoms with Crippen LogP contribution in [0, 0.1) is 6.92 Å². The van der Waals surface area contributed by atoms with Gasteiger partial charge in [-0.3, -0.25) is 14.3 Å². The summed E-state index contributed by atoms with van der Waals surface area (Å²) < 4.78 is 27.1.